The monoisotopic (exact) mass is 286 g/mol. The number of benzene rings is 1. The average molecular weight is 287 g/mol. The number of nitrogen functional groups attached to an aromatic ring is 1. The minimum Gasteiger partial charge on any atom is -0.398 e. The Morgan fingerprint density at radius 3 is 3.17 bits per heavy atom. The lowest BCUT2D eigenvalue weighted by atomic mass is 10.3. The van der Waals surface area contributed by atoms with Crippen molar-refractivity contribution >= 4 is 29.1 Å². The van der Waals surface area contributed by atoms with Crippen LogP contribution >= 0.6 is 23.4 Å². The predicted octanol–water partition coefficient (Wildman–Crippen LogP) is 2.74. The van der Waals surface area contributed by atoms with Gasteiger partial charge in [-0.1, -0.05) is 18.5 Å². The smallest absolute Gasteiger partial charge is 0.0796 e. The number of morpholine rings is 1. The topological polar surface area (TPSA) is 38.5 Å². The second-order valence-corrected chi connectivity index (χ2v) is 5.88. The molecule has 0 spiro atoms. The Bertz CT molecular complexity index is 403. The molecule has 0 saturated carbocycles. The molecule has 1 aromatic rings. The first-order chi connectivity index (χ1) is 8.69. The molecule has 18 heavy (non-hydrogen) atoms. The van der Waals surface area contributed by atoms with E-state index in [0.29, 0.717) is 0 Å². The molecule has 1 saturated heterocycles. The number of hydrogen-bond acceptors (Lipinski definition) is 4. The maximum absolute atomic E-state index is 5.98. The van der Waals surface area contributed by atoms with E-state index >= 15 is 0 Å². The van der Waals surface area contributed by atoms with Crippen LogP contribution in [0.1, 0.15) is 6.92 Å². The van der Waals surface area contributed by atoms with Gasteiger partial charge in [-0.2, -0.15) is 0 Å². The third kappa shape index (κ3) is 3.79. The summed E-state index contributed by atoms with van der Waals surface area (Å²) >= 11 is 7.69. The molecule has 1 unspecified atom stereocenters. The molecule has 100 valence electrons. The van der Waals surface area contributed by atoms with Gasteiger partial charge >= 0.3 is 0 Å². The third-order valence-electron chi connectivity index (χ3n) is 3.07. The van der Waals surface area contributed by atoms with Crippen molar-refractivity contribution < 1.29 is 4.74 Å². The van der Waals surface area contributed by atoms with Crippen LogP contribution in [0.15, 0.2) is 23.1 Å². The average Bonchev–Trinajstić information content (AvgIpc) is 2.40. The van der Waals surface area contributed by atoms with Gasteiger partial charge in [-0.25, -0.2) is 0 Å². The zero-order valence-electron chi connectivity index (χ0n) is 10.6. The van der Waals surface area contributed by atoms with Crippen molar-refractivity contribution in [2.45, 2.75) is 17.9 Å². The second kappa shape index (κ2) is 6.66. The first-order valence-corrected chi connectivity index (χ1v) is 7.57. The Balaban J connectivity index is 1.89. The summed E-state index contributed by atoms with van der Waals surface area (Å²) in [4.78, 5) is 3.45. The molecular formula is C13H19ClN2OS. The standard InChI is InChI=1S/C13H19ClN2OS/c1-2-16-5-6-17-11(8-16)9-18-13-7-10(14)3-4-12(13)15/h3-4,7,11H,2,5-6,8-9,15H2,1H3. The highest BCUT2D eigenvalue weighted by atomic mass is 35.5. The lowest BCUT2D eigenvalue weighted by Gasteiger charge is -2.31. The van der Waals surface area contributed by atoms with E-state index in [-0.39, 0.29) is 6.10 Å². The largest absolute Gasteiger partial charge is 0.398 e. The number of hydrogen-bond donors (Lipinski definition) is 1. The van der Waals surface area contributed by atoms with Crippen LogP contribution in [0.2, 0.25) is 5.02 Å². The SMILES string of the molecule is CCN1CCOC(CSc2cc(Cl)ccc2N)C1. The maximum Gasteiger partial charge on any atom is 0.0796 e. The Morgan fingerprint density at radius 1 is 1.56 bits per heavy atom. The fourth-order valence-electron chi connectivity index (χ4n) is 1.98. The van der Waals surface area contributed by atoms with Crippen molar-refractivity contribution in [3.8, 4) is 0 Å². The zero-order valence-corrected chi connectivity index (χ0v) is 12.1. The molecule has 2 rings (SSSR count). The van der Waals surface area contributed by atoms with Gasteiger partial charge in [0.25, 0.3) is 0 Å². The summed E-state index contributed by atoms with van der Waals surface area (Å²) in [5.41, 5.74) is 6.71. The van der Waals surface area contributed by atoms with E-state index in [9.17, 15) is 0 Å². The van der Waals surface area contributed by atoms with E-state index in [1.165, 1.54) is 0 Å². The molecule has 1 aliphatic rings. The lowest BCUT2D eigenvalue weighted by Crippen LogP contribution is -2.43. The summed E-state index contributed by atoms with van der Waals surface area (Å²) in [6, 6.07) is 5.59. The predicted molar refractivity (Wildman–Crippen MR) is 78.4 cm³/mol. The maximum atomic E-state index is 5.98. The van der Waals surface area contributed by atoms with Crippen molar-refractivity contribution in [3.05, 3.63) is 23.2 Å². The highest BCUT2D eigenvalue weighted by Crippen LogP contribution is 2.29. The van der Waals surface area contributed by atoms with Crippen LogP contribution in [0.25, 0.3) is 0 Å². The van der Waals surface area contributed by atoms with Crippen LogP contribution in [0.5, 0.6) is 0 Å². The summed E-state index contributed by atoms with van der Waals surface area (Å²) in [6.07, 6.45) is 0.280. The van der Waals surface area contributed by atoms with Crippen molar-refractivity contribution in [2.24, 2.45) is 0 Å². The van der Waals surface area contributed by atoms with Crippen molar-refractivity contribution in [3.63, 3.8) is 0 Å². The van der Waals surface area contributed by atoms with Crippen LogP contribution in [-0.2, 0) is 4.74 Å². The number of ether oxygens (including phenoxy) is 1. The normalized spacial score (nSPS) is 21.1. The van der Waals surface area contributed by atoms with Crippen LogP contribution in [-0.4, -0.2) is 43.0 Å². The number of nitrogens with two attached hydrogens (primary N) is 1. The van der Waals surface area contributed by atoms with Crippen molar-refractivity contribution in [2.75, 3.05) is 37.7 Å². The Morgan fingerprint density at radius 2 is 2.39 bits per heavy atom. The molecule has 3 nitrogen and oxygen atoms in total. The molecule has 1 aromatic carbocycles. The number of halogens is 1. The van der Waals surface area contributed by atoms with Gasteiger partial charge in [-0.05, 0) is 24.7 Å². The van der Waals surface area contributed by atoms with Gasteiger partial charge < -0.3 is 10.5 Å². The van der Waals surface area contributed by atoms with Crippen molar-refractivity contribution in [1.29, 1.82) is 0 Å². The van der Waals surface area contributed by atoms with Gasteiger partial charge in [0.1, 0.15) is 0 Å². The Hall–Kier alpha value is -0.420. The van der Waals surface area contributed by atoms with Gasteiger partial charge in [-0.15, -0.1) is 11.8 Å². The minimum atomic E-state index is 0.280. The second-order valence-electron chi connectivity index (χ2n) is 4.38. The third-order valence-corrected chi connectivity index (χ3v) is 4.51. The van der Waals surface area contributed by atoms with Gasteiger partial charge in [0, 0.05) is 34.4 Å². The molecule has 0 radical (unpaired) electrons. The fraction of sp³-hybridized carbons (Fsp3) is 0.538. The molecule has 0 amide bonds. The first-order valence-electron chi connectivity index (χ1n) is 6.21. The first kappa shape index (κ1) is 14.0. The molecule has 1 fully saturated rings. The van der Waals surface area contributed by atoms with Gasteiger partial charge in [0.05, 0.1) is 12.7 Å². The molecule has 1 heterocycles. The highest BCUT2D eigenvalue weighted by Gasteiger charge is 2.19. The summed E-state index contributed by atoms with van der Waals surface area (Å²) in [5.74, 6) is 0.918. The molecule has 5 heteroatoms. The molecule has 1 atom stereocenters. The summed E-state index contributed by atoms with van der Waals surface area (Å²) < 4.78 is 5.77. The van der Waals surface area contributed by atoms with Crippen molar-refractivity contribution in [1.82, 2.24) is 4.90 Å². The molecular weight excluding hydrogens is 268 g/mol. The fourth-order valence-corrected chi connectivity index (χ4v) is 3.23. The number of nitrogens with zero attached hydrogens (tertiary/aromatic N) is 1. The van der Waals surface area contributed by atoms with Crippen LogP contribution < -0.4 is 5.73 Å². The molecule has 0 aliphatic carbocycles. The molecule has 0 aromatic heterocycles. The zero-order chi connectivity index (χ0) is 13.0. The number of likely N-dealkylation sites (N-methyl/N-ethyl adjacent to an activating group) is 1. The van der Waals surface area contributed by atoms with E-state index in [2.05, 4.69) is 11.8 Å². The van der Waals surface area contributed by atoms with Gasteiger partial charge in [-0.3, -0.25) is 4.90 Å². The van der Waals surface area contributed by atoms with E-state index in [1.54, 1.807) is 11.8 Å². The van der Waals surface area contributed by atoms with Crippen LogP contribution in [0.4, 0.5) is 5.69 Å². The summed E-state index contributed by atoms with van der Waals surface area (Å²) in [6.45, 7) is 6.14. The van der Waals surface area contributed by atoms with E-state index in [0.717, 1.165) is 47.6 Å². The number of anilines is 1. The number of rotatable bonds is 4. The van der Waals surface area contributed by atoms with Crippen LogP contribution in [0.3, 0.4) is 0 Å². The minimum absolute atomic E-state index is 0.280. The molecule has 1 aliphatic heterocycles. The quantitative estimate of drug-likeness (QED) is 0.682. The molecule has 2 N–H and O–H groups in total. The van der Waals surface area contributed by atoms with E-state index in [4.69, 9.17) is 22.1 Å². The van der Waals surface area contributed by atoms with E-state index in [1.807, 2.05) is 18.2 Å². The van der Waals surface area contributed by atoms with Crippen LogP contribution in [0, 0.1) is 0 Å². The Labute approximate surface area is 118 Å². The Kier molecular flexibility index (Phi) is 5.18. The molecule has 0 bridgehead atoms. The number of thioether (sulfide) groups is 1. The lowest BCUT2D eigenvalue weighted by molar-refractivity contribution is -0.0137. The summed E-state index contributed by atoms with van der Waals surface area (Å²) in [5, 5.41) is 0.728. The van der Waals surface area contributed by atoms with Gasteiger partial charge in [0.15, 0.2) is 0 Å². The van der Waals surface area contributed by atoms with Gasteiger partial charge in [0.2, 0.25) is 0 Å². The highest BCUT2D eigenvalue weighted by molar-refractivity contribution is 7.99. The van der Waals surface area contributed by atoms with E-state index < -0.39 is 0 Å². The summed E-state index contributed by atoms with van der Waals surface area (Å²) in [7, 11) is 0.